The summed E-state index contributed by atoms with van der Waals surface area (Å²) in [7, 11) is -3.39. The van der Waals surface area contributed by atoms with Crippen molar-refractivity contribution in [3.8, 4) is 0 Å². The molecule has 1 aliphatic rings. The second-order valence-corrected chi connectivity index (χ2v) is 11.4. The second-order valence-electron chi connectivity index (χ2n) is 8.98. The van der Waals surface area contributed by atoms with Gasteiger partial charge in [0.15, 0.2) is 0 Å². The lowest BCUT2D eigenvalue weighted by Gasteiger charge is -2.30. The maximum absolute atomic E-state index is 12.6. The first kappa shape index (κ1) is 23.3. The van der Waals surface area contributed by atoms with E-state index in [4.69, 9.17) is 0 Å². The maximum Gasteiger partial charge on any atom is 0.251 e. The summed E-state index contributed by atoms with van der Waals surface area (Å²) >= 11 is 0. The van der Waals surface area contributed by atoms with Crippen LogP contribution in [0.2, 0.25) is 0 Å². The number of rotatable bonds is 6. The fourth-order valence-electron chi connectivity index (χ4n) is 3.16. The molecular weight excluding hydrogens is 390 g/mol. The van der Waals surface area contributed by atoms with Crippen molar-refractivity contribution in [2.75, 3.05) is 5.32 Å². The van der Waals surface area contributed by atoms with Gasteiger partial charge in [0.1, 0.15) is 0 Å². The van der Waals surface area contributed by atoms with Gasteiger partial charge in [0.05, 0.1) is 4.75 Å². The Morgan fingerprint density at radius 2 is 1.55 bits per heavy atom. The van der Waals surface area contributed by atoms with Crippen LogP contribution in [-0.4, -0.2) is 37.1 Å². The Hall–Kier alpha value is -1.93. The molecule has 3 N–H and O–H groups in total. The Kier molecular flexibility index (Phi) is 7.45. The Balaban J connectivity index is 1.86. The quantitative estimate of drug-likeness (QED) is 0.654. The van der Waals surface area contributed by atoms with Crippen LogP contribution in [0.15, 0.2) is 24.3 Å². The van der Waals surface area contributed by atoms with Crippen molar-refractivity contribution < 1.29 is 18.0 Å². The van der Waals surface area contributed by atoms with Crippen molar-refractivity contribution in [1.29, 1.82) is 0 Å². The van der Waals surface area contributed by atoms with Gasteiger partial charge in [-0.2, -0.15) is 0 Å². The number of carbonyl (C=O) groups is 2. The van der Waals surface area contributed by atoms with Crippen molar-refractivity contribution in [2.24, 2.45) is 5.92 Å². The lowest BCUT2D eigenvalue weighted by Crippen LogP contribution is -2.46. The maximum atomic E-state index is 12.6. The average molecular weight is 424 g/mol. The standard InChI is InChI=1S/C21H33N3O4S/c1-14(2)22-19(25)15-6-10-17(11-7-15)23-20(26)16-8-12-18(13-9-16)24-29(27,28)21(3,4)5/h6-7,10-11,14,16,18,24H,8-9,12-13H2,1-5H3,(H,22,25)(H,23,26)/t16-,18-. The molecule has 8 heteroatoms. The van der Waals surface area contributed by atoms with Crippen molar-refractivity contribution >= 4 is 27.5 Å². The molecule has 0 heterocycles. The van der Waals surface area contributed by atoms with E-state index >= 15 is 0 Å². The number of hydrogen-bond donors (Lipinski definition) is 3. The third kappa shape index (κ3) is 6.54. The molecule has 7 nitrogen and oxygen atoms in total. The van der Waals surface area contributed by atoms with Crippen LogP contribution in [0.3, 0.4) is 0 Å². The summed E-state index contributed by atoms with van der Waals surface area (Å²) in [5, 5.41) is 5.72. The zero-order chi connectivity index (χ0) is 21.8. The molecule has 1 aliphatic carbocycles. The SMILES string of the molecule is CC(C)NC(=O)c1ccc(NC(=O)[C@H]2CC[C@H](NS(=O)(=O)C(C)(C)C)CC2)cc1. The van der Waals surface area contributed by atoms with Gasteiger partial charge in [0, 0.05) is 29.3 Å². The number of amides is 2. The number of hydrogen-bond acceptors (Lipinski definition) is 4. The first-order valence-electron chi connectivity index (χ1n) is 10.1. The van der Waals surface area contributed by atoms with Crippen LogP contribution in [0, 0.1) is 5.92 Å². The predicted octanol–water partition coefficient (Wildman–Crippen LogP) is 3.04. The molecule has 0 spiro atoms. The first-order valence-corrected chi connectivity index (χ1v) is 11.6. The summed E-state index contributed by atoms with van der Waals surface area (Å²) in [5.41, 5.74) is 1.19. The molecule has 0 unspecified atom stereocenters. The van der Waals surface area contributed by atoms with Gasteiger partial charge in [0.25, 0.3) is 5.91 Å². The smallest absolute Gasteiger partial charge is 0.251 e. The minimum Gasteiger partial charge on any atom is -0.350 e. The van der Waals surface area contributed by atoms with E-state index in [9.17, 15) is 18.0 Å². The summed E-state index contributed by atoms with van der Waals surface area (Å²) in [6.07, 6.45) is 2.56. The lowest BCUT2D eigenvalue weighted by atomic mass is 9.86. The normalized spacial score (nSPS) is 20.3. The topological polar surface area (TPSA) is 104 Å². The van der Waals surface area contributed by atoms with Gasteiger partial charge in [0.2, 0.25) is 15.9 Å². The van der Waals surface area contributed by atoms with E-state index < -0.39 is 14.8 Å². The molecule has 1 aromatic carbocycles. The highest BCUT2D eigenvalue weighted by Crippen LogP contribution is 2.27. The van der Waals surface area contributed by atoms with Crippen molar-refractivity contribution in [2.45, 2.75) is 77.1 Å². The van der Waals surface area contributed by atoms with Crippen LogP contribution in [-0.2, 0) is 14.8 Å². The molecule has 2 rings (SSSR count). The number of sulfonamides is 1. The summed E-state index contributed by atoms with van der Waals surface area (Å²) in [4.78, 5) is 24.5. The molecule has 0 bridgehead atoms. The van der Waals surface area contributed by atoms with Gasteiger partial charge < -0.3 is 10.6 Å². The number of benzene rings is 1. The monoisotopic (exact) mass is 423 g/mol. The number of nitrogens with one attached hydrogen (secondary N) is 3. The molecule has 0 radical (unpaired) electrons. The highest BCUT2D eigenvalue weighted by molar-refractivity contribution is 7.90. The molecular formula is C21H33N3O4S. The summed E-state index contributed by atoms with van der Waals surface area (Å²) in [6.45, 7) is 8.81. The molecule has 0 atom stereocenters. The molecule has 0 aliphatic heterocycles. The summed E-state index contributed by atoms with van der Waals surface area (Å²) in [5.74, 6) is -0.357. The molecule has 29 heavy (non-hydrogen) atoms. The van der Waals surface area contributed by atoms with Gasteiger partial charge in [-0.05, 0) is 84.6 Å². The molecule has 2 amide bonds. The lowest BCUT2D eigenvalue weighted by molar-refractivity contribution is -0.120. The largest absolute Gasteiger partial charge is 0.350 e. The van der Waals surface area contributed by atoms with Gasteiger partial charge in [-0.25, -0.2) is 13.1 Å². The van der Waals surface area contributed by atoms with Gasteiger partial charge >= 0.3 is 0 Å². The van der Waals surface area contributed by atoms with E-state index in [-0.39, 0.29) is 29.8 Å². The third-order valence-corrected chi connectivity index (χ3v) is 7.32. The fraction of sp³-hybridized carbons (Fsp3) is 0.619. The van der Waals surface area contributed by atoms with Crippen molar-refractivity contribution in [1.82, 2.24) is 10.0 Å². The summed E-state index contributed by atoms with van der Waals surface area (Å²) < 4.78 is 26.5. The van der Waals surface area contributed by atoms with E-state index in [2.05, 4.69) is 15.4 Å². The molecule has 162 valence electrons. The first-order chi connectivity index (χ1) is 13.4. The minimum absolute atomic E-state index is 0.0601. The number of carbonyl (C=O) groups excluding carboxylic acids is 2. The van der Waals surface area contributed by atoms with Crippen LogP contribution in [0.1, 0.15) is 70.7 Å². The third-order valence-electron chi connectivity index (χ3n) is 5.06. The van der Waals surface area contributed by atoms with Gasteiger partial charge in [-0.3, -0.25) is 9.59 Å². The molecule has 0 aromatic heterocycles. The average Bonchev–Trinajstić information content (AvgIpc) is 2.61. The zero-order valence-electron chi connectivity index (χ0n) is 17.9. The van der Waals surface area contributed by atoms with Crippen molar-refractivity contribution in [3.05, 3.63) is 29.8 Å². The van der Waals surface area contributed by atoms with Crippen molar-refractivity contribution in [3.63, 3.8) is 0 Å². The van der Waals surface area contributed by atoms with Crippen LogP contribution in [0.5, 0.6) is 0 Å². The zero-order valence-corrected chi connectivity index (χ0v) is 18.7. The van der Waals surface area contributed by atoms with Gasteiger partial charge in [-0.1, -0.05) is 0 Å². The van der Waals surface area contributed by atoms with E-state index in [0.717, 1.165) is 0 Å². The van der Waals surface area contributed by atoms with E-state index in [1.807, 2.05) is 13.8 Å². The minimum atomic E-state index is -3.39. The molecule has 1 aromatic rings. The highest BCUT2D eigenvalue weighted by Gasteiger charge is 2.34. The Morgan fingerprint density at radius 3 is 2.03 bits per heavy atom. The predicted molar refractivity (Wildman–Crippen MR) is 115 cm³/mol. The Labute approximate surface area is 174 Å². The fourth-order valence-corrected chi connectivity index (χ4v) is 4.19. The van der Waals surface area contributed by atoms with Crippen LogP contribution >= 0.6 is 0 Å². The van der Waals surface area contributed by atoms with E-state index in [1.54, 1.807) is 45.0 Å². The van der Waals surface area contributed by atoms with Crippen LogP contribution in [0.4, 0.5) is 5.69 Å². The van der Waals surface area contributed by atoms with E-state index in [0.29, 0.717) is 36.9 Å². The molecule has 1 saturated carbocycles. The van der Waals surface area contributed by atoms with Crippen LogP contribution in [0.25, 0.3) is 0 Å². The second kappa shape index (κ2) is 9.26. The Bertz CT molecular complexity index is 818. The van der Waals surface area contributed by atoms with E-state index in [1.165, 1.54) is 0 Å². The summed E-state index contributed by atoms with van der Waals surface area (Å²) in [6, 6.07) is 6.75. The highest BCUT2D eigenvalue weighted by atomic mass is 32.2. The van der Waals surface area contributed by atoms with Crippen LogP contribution < -0.4 is 15.4 Å². The Morgan fingerprint density at radius 1 is 1.00 bits per heavy atom. The molecule has 1 fully saturated rings. The molecule has 0 saturated heterocycles. The number of anilines is 1. The van der Waals surface area contributed by atoms with Gasteiger partial charge in [-0.15, -0.1) is 0 Å².